The lowest BCUT2D eigenvalue weighted by atomic mass is 10.3. The summed E-state index contributed by atoms with van der Waals surface area (Å²) in [5.41, 5.74) is 0. The molecular weight excluding hydrogens is 274 g/mol. The normalized spacial score (nSPS) is 15.5. The Labute approximate surface area is 112 Å². The quantitative estimate of drug-likeness (QED) is 0.603. The summed E-state index contributed by atoms with van der Waals surface area (Å²) < 4.78 is 29.4. The first-order chi connectivity index (χ1) is 8.85. The zero-order valence-electron chi connectivity index (χ0n) is 10.9. The highest BCUT2D eigenvalue weighted by Gasteiger charge is 2.31. The fourth-order valence-electron chi connectivity index (χ4n) is 1.65. The summed E-state index contributed by atoms with van der Waals surface area (Å²) in [5.74, 6) is -1.60. The molecule has 0 unspecified atom stereocenters. The number of carboxylic acids is 1. The van der Waals surface area contributed by atoms with Crippen LogP contribution < -0.4 is 0 Å². The lowest BCUT2D eigenvalue weighted by Crippen LogP contribution is -2.38. The monoisotopic (exact) mass is 293 g/mol. The van der Waals surface area contributed by atoms with Crippen molar-refractivity contribution < 1.29 is 27.9 Å². The number of carbonyl (C=O) groups is 2. The summed E-state index contributed by atoms with van der Waals surface area (Å²) in [6.07, 6.45) is 2.03. The van der Waals surface area contributed by atoms with Crippen LogP contribution in [-0.4, -0.2) is 55.7 Å². The van der Waals surface area contributed by atoms with Crippen molar-refractivity contribution in [2.24, 2.45) is 5.92 Å². The number of methoxy groups -OCH3 is 1. The van der Waals surface area contributed by atoms with Crippen molar-refractivity contribution in [2.75, 3.05) is 26.0 Å². The number of carboxylic acid groups (broad SMARTS) is 1. The van der Waals surface area contributed by atoms with Gasteiger partial charge in [0.25, 0.3) is 0 Å². The highest BCUT2D eigenvalue weighted by atomic mass is 32.2. The summed E-state index contributed by atoms with van der Waals surface area (Å²) in [6.45, 7) is -0.260. The van der Waals surface area contributed by atoms with Crippen LogP contribution in [0.2, 0.25) is 0 Å². The van der Waals surface area contributed by atoms with E-state index in [2.05, 4.69) is 4.74 Å². The number of carbonyl (C=O) groups excluding carboxylic acids is 1. The van der Waals surface area contributed by atoms with Crippen molar-refractivity contribution in [1.82, 2.24) is 4.31 Å². The molecule has 0 spiro atoms. The van der Waals surface area contributed by atoms with E-state index in [4.69, 9.17) is 5.11 Å². The minimum Gasteiger partial charge on any atom is -0.480 e. The van der Waals surface area contributed by atoms with Crippen molar-refractivity contribution in [3.8, 4) is 0 Å². The van der Waals surface area contributed by atoms with Crippen molar-refractivity contribution in [2.45, 2.75) is 25.7 Å². The van der Waals surface area contributed by atoms with Crippen LogP contribution >= 0.6 is 0 Å². The molecule has 0 atom stereocenters. The lowest BCUT2D eigenvalue weighted by molar-refractivity contribution is -0.140. The number of hydrogen-bond donors (Lipinski definition) is 1. The van der Waals surface area contributed by atoms with Crippen molar-refractivity contribution in [3.05, 3.63) is 0 Å². The second kappa shape index (κ2) is 6.85. The molecule has 8 heteroatoms. The number of hydrogen-bond acceptors (Lipinski definition) is 5. The van der Waals surface area contributed by atoms with Gasteiger partial charge in [-0.2, -0.15) is 4.31 Å². The smallest absolute Gasteiger partial charge is 0.318 e. The second-order valence-corrected chi connectivity index (χ2v) is 6.71. The molecule has 1 aliphatic rings. The lowest BCUT2D eigenvalue weighted by Gasteiger charge is -2.19. The number of nitrogens with zero attached hydrogens (tertiary/aromatic N) is 1. The van der Waals surface area contributed by atoms with Gasteiger partial charge >= 0.3 is 11.9 Å². The third-order valence-corrected chi connectivity index (χ3v) is 4.74. The average molecular weight is 293 g/mol. The predicted octanol–water partition coefficient (Wildman–Crippen LogP) is 0.0660. The summed E-state index contributed by atoms with van der Waals surface area (Å²) in [5, 5.41) is 8.75. The van der Waals surface area contributed by atoms with Gasteiger partial charge in [-0.1, -0.05) is 0 Å². The van der Waals surface area contributed by atoms with Gasteiger partial charge in [-0.25, -0.2) is 8.42 Å². The molecule has 7 nitrogen and oxygen atoms in total. The van der Waals surface area contributed by atoms with Gasteiger partial charge in [0.15, 0.2) is 0 Å². The largest absolute Gasteiger partial charge is 0.480 e. The zero-order valence-corrected chi connectivity index (χ0v) is 11.7. The first-order valence-corrected chi connectivity index (χ1v) is 7.72. The molecule has 19 heavy (non-hydrogen) atoms. The molecule has 0 aromatic carbocycles. The molecule has 1 aliphatic carbocycles. The molecule has 0 aromatic rings. The van der Waals surface area contributed by atoms with Gasteiger partial charge in [-0.05, 0) is 25.2 Å². The molecule has 0 aromatic heterocycles. The number of ether oxygens (including phenoxy) is 1. The van der Waals surface area contributed by atoms with Gasteiger partial charge in [0.1, 0.15) is 6.54 Å². The van der Waals surface area contributed by atoms with Crippen LogP contribution in [0.4, 0.5) is 0 Å². The van der Waals surface area contributed by atoms with E-state index in [-0.39, 0.29) is 31.1 Å². The van der Waals surface area contributed by atoms with Crippen molar-refractivity contribution in [3.63, 3.8) is 0 Å². The van der Waals surface area contributed by atoms with Gasteiger partial charge < -0.3 is 9.84 Å². The predicted molar refractivity (Wildman–Crippen MR) is 67.0 cm³/mol. The molecule has 1 N–H and O–H groups in total. The number of esters is 1. The van der Waals surface area contributed by atoms with Gasteiger partial charge in [-0.15, -0.1) is 0 Å². The summed E-state index contributed by atoms with van der Waals surface area (Å²) >= 11 is 0. The Morgan fingerprint density at radius 3 is 2.47 bits per heavy atom. The fraction of sp³-hybridized carbons (Fsp3) is 0.818. The average Bonchev–Trinajstić information content (AvgIpc) is 3.11. The van der Waals surface area contributed by atoms with Crippen molar-refractivity contribution >= 4 is 22.0 Å². The van der Waals surface area contributed by atoms with E-state index in [0.717, 1.165) is 17.1 Å². The topological polar surface area (TPSA) is 101 Å². The van der Waals surface area contributed by atoms with Gasteiger partial charge in [0, 0.05) is 13.0 Å². The molecule has 110 valence electrons. The minimum absolute atomic E-state index is 0.0140. The van der Waals surface area contributed by atoms with Gasteiger partial charge in [0.2, 0.25) is 10.0 Å². The van der Waals surface area contributed by atoms with E-state index in [1.54, 1.807) is 0 Å². The molecular formula is C11H19NO6S. The first kappa shape index (κ1) is 15.9. The molecule has 0 heterocycles. The Morgan fingerprint density at radius 1 is 1.37 bits per heavy atom. The molecule has 0 amide bonds. The van der Waals surface area contributed by atoms with Crippen LogP contribution in [-0.2, 0) is 24.3 Å². The molecule has 0 radical (unpaired) electrons. The maximum atomic E-state index is 12.0. The summed E-state index contributed by atoms with van der Waals surface area (Å²) in [4.78, 5) is 21.6. The summed E-state index contributed by atoms with van der Waals surface area (Å²) in [6, 6.07) is 0. The minimum atomic E-state index is -3.63. The van der Waals surface area contributed by atoms with Gasteiger partial charge in [-0.3, -0.25) is 9.59 Å². The zero-order chi connectivity index (χ0) is 14.5. The Bertz CT molecular complexity index is 428. The number of rotatable bonds is 9. The Morgan fingerprint density at radius 2 is 2.00 bits per heavy atom. The highest BCUT2D eigenvalue weighted by molar-refractivity contribution is 7.89. The molecule has 1 saturated carbocycles. The van der Waals surface area contributed by atoms with E-state index < -0.39 is 28.5 Å². The molecule has 0 aliphatic heterocycles. The molecule has 1 fully saturated rings. The first-order valence-electron chi connectivity index (χ1n) is 6.11. The van der Waals surface area contributed by atoms with E-state index in [0.29, 0.717) is 0 Å². The number of sulfonamides is 1. The van der Waals surface area contributed by atoms with E-state index in [1.165, 1.54) is 7.11 Å². The Hall–Kier alpha value is -1.15. The van der Waals surface area contributed by atoms with Crippen LogP contribution in [0, 0.1) is 5.92 Å². The Balaban J connectivity index is 2.53. The van der Waals surface area contributed by atoms with Crippen LogP contribution in [0.3, 0.4) is 0 Å². The maximum Gasteiger partial charge on any atom is 0.318 e. The van der Waals surface area contributed by atoms with Gasteiger partial charge in [0.05, 0.1) is 12.9 Å². The van der Waals surface area contributed by atoms with Crippen LogP contribution in [0.15, 0.2) is 0 Å². The highest BCUT2D eigenvalue weighted by Crippen LogP contribution is 2.30. The molecule has 1 rings (SSSR count). The maximum absolute atomic E-state index is 12.0. The SMILES string of the molecule is COC(=O)CCCS(=O)(=O)N(CC(=O)O)CC1CC1. The van der Waals surface area contributed by atoms with Crippen LogP contribution in [0.5, 0.6) is 0 Å². The summed E-state index contributed by atoms with van der Waals surface area (Å²) in [7, 11) is -2.39. The fourth-order valence-corrected chi connectivity index (χ4v) is 3.16. The van der Waals surface area contributed by atoms with E-state index in [1.807, 2.05) is 0 Å². The van der Waals surface area contributed by atoms with Crippen molar-refractivity contribution in [1.29, 1.82) is 0 Å². The van der Waals surface area contributed by atoms with Crippen LogP contribution in [0.25, 0.3) is 0 Å². The Kier molecular flexibility index (Phi) is 5.74. The third-order valence-electron chi connectivity index (χ3n) is 2.87. The second-order valence-electron chi connectivity index (χ2n) is 4.63. The third kappa shape index (κ3) is 6.02. The van der Waals surface area contributed by atoms with Crippen LogP contribution in [0.1, 0.15) is 25.7 Å². The molecule has 0 saturated heterocycles. The van der Waals surface area contributed by atoms with E-state index >= 15 is 0 Å². The standard InChI is InChI=1S/C11H19NO6S/c1-18-11(15)3-2-6-19(16,17)12(8-10(13)14)7-9-4-5-9/h9H,2-8H2,1H3,(H,13,14). The molecule has 0 bridgehead atoms. The number of aliphatic carboxylic acids is 1. The van der Waals surface area contributed by atoms with E-state index in [9.17, 15) is 18.0 Å².